The van der Waals surface area contributed by atoms with Gasteiger partial charge in [-0.05, 0) is 35.7 Å². The maximum absolute atomic E-state index is 13.0. The molecule has 3 aromatic rings. The van der Waals surface area contributed by atoms with Crippen LogP contribution in [0.3, 0.4) is 0 Å². The van der Waals surface area contributed by atoms with E-state index in [1.165, 1.54) is 40.9 Å². The number of amides is 2. The lowest BCUT2D eigenvalue weighted by Crippen LogP contribution is -2.30. The van der Waals surface area contributed by atoms with Crippen molar-refractivity contribution in [2.75, 3.05) is 12.4 Å². The van der Waals surface area contributed by atoms with Crippen molar-refractivity contribution in [2.24, 2.45) is 4.99 Å². The number of halogens is 1. The van der Waals surface area contributed by atoms with Crippen LogP contribution in [0.25, 0.3) is 10.8 Å². The maximum Gasteiger partial charge on any atom is 0.242 e. The first-order valence-electron chi connectivity index (χ1n) is 9.07. The number of hydrogen-bond donors (Lipinski definition) is 1. The van der Waals surface area contributed by atoms with Gasteiger partial charge >= 0.3 is 0 Å². The van der Waals surface area contributed by atoms with Crippen LogP contribution in [0.4, 0.5) is 15.8 Å². The lowest BCUT2D eigenvalue weighted by Gasteiger charge is -2.10. The molecule has 0 unspecified atom stereocenters. The van der Waals surface area contributed by atoms with Crippen molar-refractivity contribution in [3.63, 3.8) is 0 Å². The van der Waals surface area contributed by atoms with Gasteiger partial charge in [0.1, 0.15) is 11.1 Å². The molecule has 1 atom stereocenters. The third-order valence-electron chi connectivity index (χ3n) is 4.62. The Morgan fingerprint density at radius 1 is 1.10 bits per heavy atom. The van der Waals surface area contributed by atoms with Gasteiger partial charge in [-0.15, -0.1) is 0 Å². The van der Waals surface area contributed by atoms with Gasteiger partial charge in [0.2, 0.25) is 11.8 Å². The fourth-order valence-corrected chi connectivity index (χ4v) is 4.27. The van der Waals surface area contributed by atoms with Crippen LogP contribution >= 0.6 is 11.8 Å². The summed E-state index contributed by atoms with van der Waals surface area (Å²) in [7, 11) is 1.66. The summed E-state index contributed by atoms with van der Waals surface area (Å²) in [6.07, 6.45) is 0.0137. The fourth-order valence-electron chi connectivity index (χ4n) is 3.12. The van der Waals surface area contributed by atoms with Gasteiger partial charge < -0.3 is 5.32 Å². The minimum Gasteiger partial charge on any atom is -0.326 e. The number of nitrogens with one attached hydrogen (secondary N) is 1. The first-order valence-corrected chi connectivity index (χ1v) is 9.95. The molecule has 1 aliphatic heterocycles. The number of benzene rings is 3. The summed E-state index contributed by atoms with van der Waals surface area (Å²) in [6.45, 7) is 0. The van der Waals surface area contributed by atoms with E-state index in [1.807, 2.05) is 42.5 Å². The highest BCUT2D eigenvalue weighted by Gasteiger charge is 2.37. The van der Waals surface area contributed by atoms with Crippen LogP contribution in [-0.4, -0.2) is 34.2 Å². The summed E-state index contributed by atoms with van der Waals surface area (Å²) in [5.41, 5.74) is 1.27. The molecule has 0 radical (unpaired) electrons. The number of amidine groups is 1. The number of fused-ring (bicyclic) bond motifs is 1. The molecule has 0 aliphatic carbocycles. The average Bonchev–Trinajstić information content (AvgIpc) is 2.98. The van der Waals surface area contributed by atoms with Gasteiger partial charge in [-0.1, -0.05) is 48.2 Å². The van der Waals surface area contributed by atoms with Crippen LogP contribution in [0.1, 0.15) is 6.42 Å². The zero-order valence-corrected chi connectivity index (χ0v) is 16.4. The summed E-state index contributed by atoms with van der Waals surface area (Å²) in [5.74, 6) is -0.842. The van der Waals surface area contributed by atoms with E-state index in [-0.39, 0.29) is 24.1 Å². The van der Waals surface area contributed by atoms with Crippen LogP contribution in [0, 0.1) is 5.82 Å². The second-order valence-electron chi connectivity index (χ2n) is 6.66. The molecule has 146 valence electrons. The Balaban J connectivity index is 1.50. The zero-order chi connectivity index (χ0) is 20.4. The van der Waals surface area contributed by atoms with Gasteiger partial charge in [0.25, 0.3) is 0 Å². The Labute approximate surface area is 171 Å². The van der Waals surface area contributed by atoms with E-state index in [9.17, 15) is 14.0 Å². The molecule has 1 N–H and O–H groups in total. The summed E-state index contributed by atoms with van der Waals surface area (Å²) in [6, 6.07) is 19.3. The molecule has 29 heavy (non-hydrogen) atoms. The Hall–Kier alpha value is -3.19. The van der Waals surface area contributed by atoms with Gasteiger partial charge in [0, 0.05) is 24.5 Å². The van der Waals surface area contributed by atoms with E-state index in [1.54, 1.807) is 7.05 Å². The quantitative estimate of drug-likeness (QED) is 0.689. The normalized spacial score (nSPS) is 17.9. The minimum absolute atomic E-state index is 0.0137. The second kappa shape index (κ2) is 8.05. The standard InChI is InChI=1S/C22H18FN3O2S/c1-26-21(28)19(13-20(27)24-16-11-9-15(23)10-12-16)29-22(26)25-18-8-4-6-14-5-2-3-7-17(14)18/h2-12,19H,13H2,1H3,(H,24,27)/t19-/m1/s1. The van der Waals surface area contributed by atoms with Crippen molar-refractivity contribution < 1.29 is 14.0 Å². The highest BCUT2D eigenvalue weighted by Crippen LogP contribution is 2.33. The molecular formula is C22H18FN3O2S. The number of thioether (sulfide) groups is 1. The predicted molar refractivity (Wildman–Crippen MR) is 115 cm³/mol. The lowest BCUT2D eigenvalue weighted by molar-refractivity contribution is -0.127. The molecule has 0 aromatic heterocycles. The Bertz CT molecular complexity index is 1110. The molecule has 3 aromatic carbocycles. The van der Waals surface area contributed by atoms with Gasteiger partial charge in [-0.2, -0.15) is 0 Å². The molecule has 0 bridgehead atoms. The molecule has 0 spiro atoms. The molecule has 1 saturated heterocycles. The first-order chi connectivity index (χ1) is 14.0. The Morgan fingerprint density at radius 2 is 1.83 bits per heavy atom. The molecule has 4 rings (SSSR count). The van der Waals surface area contributed by atoms with E-state index >= 15 is 0 Å². The van der Waals surface area contributed by atoms with Crippen LogP contribution in [0.2, 0.25) is 0 Å². The first kappa shape index (κ1) is 19.1. The number of rotatable bonds is 4. The van der Waals surface area contributed by atoms with Gasteiger partial charge in [-0.25, -0.2) is 9.38 Å². The molecule has 7 heteroatoms. The lowest BCUT2D eigenvalue weighted by atomic mass is 10.1. The molecule has 1 heterocycles. The van der Waals surface area contributed by atoms with Crippen molar-refractivity contribution in [1.82, 2.24) is 4.90 Å². The van der Waals surface area contributed by atoms with Crippen LogP contribution in [0.15, 0.2) is 71.7 Å². The van der Waals surface area contributed by atoms with Gasteiger partial charge in [0.15, 0.2) is 5.17 Å². The molecule has 5 nitrogen and oxygen atoms in total. The molecule has 1 aliphatic rings. The highest BCUT2D eigenvalue weighted by molar-refractivity contribution is 8.15. The van der Waals surface area contributed by atoms with E-state index in [2.05, 4.69) is 10.3 Å². The average molecular weight is 407 g/mol. The summed E-state index contributed by atoms with van der Waals surface area (Å²) in [5, 5.41) is 4.78. The summed E-state index contributed by atoms with van der Waals surface area (Å²) < 4.78 is 13.0. The number of carbonyl (C=O) groups is 2. The van der Waals surface area contributed by atoms with Gasteiger partial charge in [0.05, 0.1) is 5.69 Å². The van der Waals surface area contributed by atoms with Crippen LogP contribution < -0.4 is 5.32 Å². The van der Waals surface area contributed by atoms with Crippen molar-refractivity contribution in [3.05, 3.63) is 72.5 Å². The third-order valence-corrected chi connectivity index (χ3v) is 5.85. The number of aliphatic imine (C=N–C) groups is 1. The fraction of sp³-hybridized carbons (Fsp3) is 0.136. The highest BCUT2D eigenvalue weighted by atomic mass is 32.2. The predicted octanol–water partition coefficient (Wildman–Crippen LogP) is 4.57. The number of anilines is 1. The Morgan fingerprint density at radius 3 is 2.62 bits per heavy atom. The Kier molecular flexibility index (Phi) is 5.31. The van der Waals surface area contributed by atoms with Crippen molar-refractivity contribution in [2.45, 2.75) is 11.7 Å². The van der Waals surface area contributed by atoms with Gasteiger partial charge in [-0.3, -0.25) is 14.5 Å². The second-order valence-corrected chi connectivity index (χ2v) is 7.83. The maximum atomic E-state index is 13.0. The van der Waals surface area contributed by atoms with Crippen LogP contribution in [0.5, 0.6) is 0 Å². The van der Waals surface area contributed by atoms with Crippen LogP contribution in [-0.2, 0) is 9.59 Å². The van der Waals surface area contributed by atoms with E-state index in [0.29, 0.717) is 10.9 Å². The SMILES string of the molecule is CN1C(=O)[C@@H](CC(=O)Nc2ccc(F)cc2)SC1=Nc1cccc2ccccc12. The van der Waals surface area contributed by atoms with E-state index < -0.39 is 5.25 Å². The van der Waals surface area contributed by atoms with E-state index in [4.69, 9.17) is 0 Å². The number of carbonyl (C=O) groups excluding carboxylic acids is 2. The molecule has 0 saturated carbocycles. The number of hydrogen-bond acceptors (Lipinski definition) is 4. The largest absolute Gasteiger partial charge is 0.326 e. The van der Waals surface area contributed by atoms with Crippen molar-refractivity contribution >= 4 is 50.9 Å². The van der Waals surface area contributed by atoms with Crippen molar-refractivity contribution in [3.8, 4) is 0 Å². The summed E-state index contributed by atoms with van der Waals surface area (Å²) in [4.78, 5) is 31.1. The zero-order valence-electron chi connectivity index (χ0n) is 15.6. The molecule has 1 fully saturated rings. The topological polar surface area (TPSA) is 61.8 Å². The number of nitrogens with zero attached hydrogens (tertiary/aromatic N) is 2. The monoisotopic (exact) mass is 407 g/mol. The third kappa shape index (κ3) is 4.14. The van der Waals surface area contributed by atoms with Crippen molar-refractivity contribution in [1.29, 1.82) is 0 Å². The van der Waals surface area contributed by atoms with E-state index in [0.717, 1.165) is 16.5 Å². The summed E-state index contributed by atoms with van der Waals surface area (Å²) >= 11 is 1.28. The minimum atomic E-state index is -0.547. The molecular weight excluding hydrogens is 389 g/mol. The molecule has 2 amide bonds. The smallest absolute Gasteiger partial charge is 0.242 e.